The molecule has 11 atom stereocenters. The zero-order valence-corrected chi connectivity index (χ0v) is 44.2. The van der Waals surface area contributed by atoms with Gasteiger partial charge >= 0.3 is 206 Å². The van der Waals surface area contributed by atoms with Gasteiger partial charge in [-0.05, 0) is 98.7 Å². The predicted molar refractivity (Wildman–Crippen MR) is 144 cm³/mol. The molecule has 0 N–H and O–H groups in total. The monoisotopic (exact) mass is 866 g/mol. The van der Waals surface area contributed by atoms with Crippen LogP contribution < -0.4 is 206 Å². The van der Waals surface area contributed by atoms with Gasteiger partial charge in [0.2, 0.25) is 41.6 Å². The van der Waals surface area contributed by atoms with Crippen molar-refractivity contribution in [3.8, 4) is 0 Å². The molecule has 0 spiro atoms. The number of rotatable bonds is 12. The normalized spacial score (nSPS) is 37.1. The van der Waals surface area contributed by atoms with Crippen LogP contribution in [0, 0.1) is 46.3 Å². The van der Waals surface area contributed by atoms with Gasteiger partial charge in [0, 0.05) is 5.41 Å². The van der Waals surface area contributed by atoms with E-state index < -0.39 is 94.4 Å². The van der Waals surface area contributed by atoms with E-state index in [0.717, 1.165) is 0 Å². The molecule has 0 saturated heterocycles. The van der Waals surface area contributed by atoms with E-state index in [-0.39, 0.29) is 256 Å². The molecule has 0 aliphatic heterocycles. The molecule has 0 aromatic rings. The summed E-state index contributed by atoms with van der Waals surface area (Å²) in [6.07, 6.45) is -1.13. The predicted octanol–water partition coefficient (Wildman–Crippen LogP) is -10.7. The standard InChI is InChI=1S/C24H42O16S4.4K/c1-14(5-4-10-37-41(25,26)27)17-6-7-18-22-19(13-21(24(17,18)3)40-44(34,35)36)23(2)9-8-16(38-42(28,29)30)11-15(23)12-20(22)39-43(31,32)33;;;;/h14-22H,4-13H2,1-3H3,(H,25,26,27)(H,28,29,30)(H,31,32,33)(H,34,35,36);;;;/q;4*+1/p-4/t14-,15-,16-,17?,18+,19?,20-,21+,22?,23+,24-;;;;/m0..../s1. The average molecular weight is 867 g/mol. The van der Waals surface area contributed by atoms with Gasteiger partial charge in [0.05, 0.1) is 24.9 Å². The summed E-state index contributed by atoms with van der Waals surface area (Å²) in [4.78, 5) is 0. The molecule has 4 aliphatic rings. The Morgan fingerprint density at radius 2 is 1.27 bits per heavy atom. The summed E-state index contributed by atoms with van der Waals surface area (Å²) in [6, 6.07) is 0. The maximum atomic E-state index is 12.0. The third-order valence-corrected chi connectivity index (χ3v) is 13.1. The van der Waals surface area contributed by atoms with Crippen LogP contribution in [0.2, 0.25) is 0 Å². The molecule has 48 heavy (non-hydrogen) atoms. The van der Waals surface area contributed by atoms with Crippen LogP contribution in [-0.2, 0) is 58.3 Å². The van der Waals surface area contributed by atoms with Crippen molar-refractivity contribution in [2.24, 2.45) is 46.3 Å². The van der Waals surface area contributed by atoms with E-state index in [1.54, 1.807) is 6.92 Å². The Kier molecular flexibility index (Phi) is 23.4. The average Bonchev–Trinajstić information content (AvgIpc) is 3.18. The van der Waals surface area contributed by atoms with Crippen molar-refractivity contribution in [3.63, 3.8) is 0 Å². The Hall–Kier alpha value is 6.03. The third kappa shape index (κ3) is 14.1. The van der Waals surface area contributed by atoms with E-state index in [1.165, 1.54) is 0 Å². The fourth-order valence-electron chi connectivity index (χ4n) is 9.62. The van der Waals surface area contributed by atoms with Gasteiger partial charge in [-0.25, -0.2) is 33.7 Å². The Morgan fingerprint density at radius 1 is 0.708 bits per heavy atom. The minimum atomic E-state index is -5.22. The number of fused-ring (bicyclic) bond motifs is 5. The molecule has 4 saturated carbocycles. The molecule has 4 aliphatic carbocycles. The maximum absolute atomic E-state index is 12.0. The summed E-state index contributed by atoms with van der Waals surface area (Å²) in [5.74, 6) is -2.50. The summed E-state index contributed by atoms with van der Waals surface area (Å²) in [5, 5.41) is 0. The zero-order chi connectivity index (χ0) is 33.1. The van der Waals surface area contributed by atoms with Crippen LogP contribution in [0.5, 0.6) is 0 Å². The van der Waals surface area contributed by atoms with Crippen molar-refractivity contribution in [1.29, 1.82) is 0 Å². The fourth-order valence-corrected chi connectivity index (χ4v) is 11.5. The first-order valence-corrected chi connectivity index (χ1v) is 19.8. The molecule has 0 radical (unpaired) electrons. The van der Waals surface area contributed by atoms with Gasteiger partial charge in [0.25, 0.3) is 0 Å². The summed E-state index contributed by atoms with van der Waals surface area (Å²) >= 11 is 0. The van der Waals surface area contributed by atoms with E-state index in [0.29, 0.717) is 25.7 Å². The molecule has 4 rings (SSSR count). The van der Waals surface area contributed by atoms with E-state index >= 15 is 0 Å². The largest absolute Gasteiger partial charge is 1.00 e. The van der Waals surface area contributed by atoms with Crippen LogP contribution in [0.4, 0.5) is 0 Å². The Morgan fingerprint density at radius 3 is 1.79 bits per heavy atom. The summed E-state index contributed by atoms with van der Waals surface area (Å²) in [7, 11) is -20.3. The molecule has 0 heterocycles. The zero-order valence-electron chi connectivity index (χ0n) is 28.4. The molecule has 3 unspecified atom stereocenters. The first-order chi connectivity index (χ1) is 19.9. The van der Waals surface area contributed by atoms with Crippen molar-refractivity contribution in [2.45, 2.75) is 96.9 Å². The number of hydrogen-bond donors (Lipinski definition) is 0. The SMILES string of the molecule is C[C@@H](CCCOS(=O)(=O)[O-])C1CC[C@@H]2C3C(C[C@@H](OS(=O)(=O)[O-])[C@@]12C)[C@]1(C)CC[C@H](OS(=O)(=O)[O-])C[C@H]1C[C@@H]3OS(=O)(=O)[O-].[K+].[K+].[K+].[K+]. The molecular weight excluding hydrogens is 829 g/mol. The molecule has 0 aromatic carbocycles. The first-order valence-electron chi connectivity index (χ1n) is 14.5. The van der Waals surface area contributed by atoms with Gasteiger partial charge in [0.1, 0.15) is 0 Å². The molecule has 0 amide bonds. The molecule has 0 bridgehead atoms. The van der Waals surface area contributed by atoms with Gasteiger partial charge < -0.3 is 18.2 Å². The van der Waals surface area contributed by atoms with E-state index in [1.807, 2.05) is 13.8 Å². The smallest absolute Gasteiger partial charge is 0.726 e. The first kappa shape index (κ1) is 54.0. The van der Waals surface area contributed by atoms with Crippen LogP contribution in [0.1, 0.15) is 78.6 Å². The quantitative estimate of drug-likeness (QED) is 0.0763. The molecule has 258 valence electrons. The van der Waals surface area contributed by atoms with Crippen LogP contribution in [0.25, 0.3) is 0 Å². The van der Waals surface area contributed by atoms with Gasteiger partial charge in [-0.15, -0.1) is 0 Å². The van der Waals surface area contributed by atoms with Crippen LogP contribution in [0.15, 0.2) is 0 Å². The second-order valence-electron chi connectivity index (χ2n) is 13.3. The van der Waals surface area contributed by atoms with Gasteiger partial charge in [-0.2, -0.15) is 0 Å². The van der Waals surface area contributed by atoms with Crippen LogP contribution in [0.3, 0.4) is 0 Å². The molecule has 4 fully saturated rings. The molecule has 16 nitrogen and oxygen atoms in total. The Bertz CT molecular complexity index is 1520. The maximum Gasteiger partial charge on any atom is 1.00 e. The third-order valence-electron chi connectivity index (χ3n) is 11.2. The van der Waals surface area contributed by atoms with Crippen molar-refractivity contribution >= 4 is 41.6 Å². The van der Waals surface area contributed by atoms with Crippen LogP contribution in [-0.4, -0.2) is 76.8 Å². The second kappa shape index (κ2) is 20.8. The molecule has 0 aromatic heterocycles. The van der Waals surface area contributed by atoms with Crippen molar-refractivity contribution in [3.05, 3.63) is 0 Å². The van der Waals surface area contributed by atoms with Crippen LogP contribution >= 0.6 is 0 Å². The summed E-state index contributed by atoms with van der Waals surface area (Å²) in [6.45, 7) is 5.19. The topological polar surface area (TPSA) is 266 Å². The van der Waals surface area contributed by atoms with Gasteiger partial charge in [-0.3, -0.25) is 16.7 Å². The summed E-state index contributed by atoms with van der Waals surface area (Å²) < 4.78 is 158. The van der Waals surface area contributed by atoms with Crippen molar-refractivity contribution in [2.75, 3.05) is 6.61 Å². The van der Waals surface area contributed by atoms with E-state index in [4.69, 9.17) is 12.5 Å². The van der Waals surface area contributed by atoms with E-state index in [2.05, 4.69) is 4.18 Å². The fraction of sp³-hybridized carbons (Fsp3) is 1.00. The van der Waals surface area contributed by atoms with E-state index in [9.17, 15) is 51.9 Å². The minimum Gasteiger partial charge on any atom is -0.726 e. The molecule has 24 heteroatoms. The van der Waals surface area contributed by atoms with Crippen molar-refractivity contribution in [1.82, 2.24) is 0 Å². The van der Waals surface area contributed by atoms with Gasteiger partial charge in [0.15, 0.2) is 0 Å². The van der Waals surface area contributed by atoms with Gasteiger partial charge in [-0.1, -0.05) is 20.8 Å². The number of hydrogen-bond acceptors (Lipinski definition) is 16. The second-order valence-corrected chi connectivity index (χ2v) is 17.4. The Labute approximate surface area is 455 Å². The minimum absolute atomic E-state index is 0. The Balaban J connectivity index is 0.00000552. The molecular formula is C24H38K4O16S4. The summed E-state index contributed by atoms with van der Waals surface area (Å²) in [5.41, 5.74) is -1.68. The van der Waals surface area contributed by atoms with Crippen molar-refractivity contribution < 1.29 is 274 Å².